The summed E-state index contributed by atoms with van der Waals surface area (Å²) >= 11 is 1.55. The maximum Gasteiger partial charge on any atom is 0.417 e. The van der Waals surface area contributed by atoms with Crippen LogP contribution in [0, 0.1) is 18.2 Å². The molecule has 0 spiro atoms. The number of piperazine rings is 2. The number of carbonyl (C=O) groups excluding carboxylic acids is 6. The van der Waals surface area contributed by atoms with Crippen molar-refractivity contribution in [2.75, 3.05) is 121 Å². The van der Waals surface area contributed by atoms with Crippen molar-refractivity contribution in [1.82, 2.24) is 50.6 Å². The van der Waals surface area contributed by atoms with Crippen molar-refractivity contribution in [1.29, 1.82) is 0 Å². The molecule has 3 aromatic heterocycles. The number of likely N-dealkylation sites (N-methyl/N-ethyl adjacent to an activating group) is 1. The summed E-state index contributed by atoms with van der Waals surface area (Å²) in [7, 11) is 1.95. The predicted molar refractivity (Wildman–Crippen MR) is 338 cm³/mol. The maximum absolute atomic E-state index is 16.2. The van der Waals surface area contributed by atoms with Crippen molar-refractivity contribution in [2.24, 2.45) is 5.41 Å². The van der Waals surface area contributed by atoms with Crippen LogP contribution in [0.3, 0.4) is 0 Å². The largest absolute Gasteiger partial charge is 0.447 e. The number of anilines is 3. The number of β-amino-alcohol motifs (C(OH)–C–C–N with tert-alkyl or cyclic N) is 1. The second kappa shape index (κ2) is 32.1. The van der Waals surface area contributed by atoms with Gasteiger partial charge in [-0.1, -0.05) is 45.0 Å². The van der Waals surface area contributed by atoms with E-state index in [1.54, 1.807) is 42.5 Å². The highest BCUT2D eigenvalue weighted by molar-refractivity contribution is 7.13. The molecule has 2 aromatic carbocycles. The molecule has 5 atom stereocenters. The normalized spacial score (nSPS) is 18.3. The summed E-state index contributed by atoms with van der Waals surface area (Å²) in [6, 6.07) is 8.62. The number of hydrogen-bond acceptors (Lipinski definition) is 19. The minimum atomic E-state index is -5.02. The standard InChI is InChI=1S/C63H81F4N13O12S/c1-38-34-79(35-39(2)76(38)7)50-29-48(64)45(27-49(50)74-57(85)46-33-69-53(83)28-47(46)63(65,66)67)43-31-71-60(72-32-43)78-17-15-77(16-18-78)54(84)13-12-52(82)68-14-19-89-20-21-90-22-23-91-24-25-92-61(88)75-56(62(4,5)6)59(87)80-36-44(81)26-51(80)58(86)70-30-41-8-10-42(11-9-41)55-40(3)73-37-93-55/h8-11,27-29,31-33,37-39,44,51,56,81H,12-26,30,34-36H2,1-7H3,(H,68,82)(H,69,83)(H,70,86)(H,74,85)(H,75,88)/t38-,39+,44-,51+,56-/m1/s1. The number of carbonyl (C=O) groups is 6. The average Bonchev–Trinajstić information content (AvgIpc) is 1.82. The van der Waals surface area contributed by atoms with E-state index in [1.807, 2.05) is 61.9 Å². The molecule has 5 aromatic rings. The van der Waals surface area contributed by atoms with E-state index in [1.165, 1.54) is 29.4 Å². The van der Waals surface area contributed by atoms with Crippen molar-refractivity contribution < 1.29 is 70.4 Å². The van der Waals surface area contributed by atoms with E-state index >= 15 is 4.39 Å². The monoisotopic (exact) mass is 1320 g/mol. The Bertz CT molecular complexity index is 3440. The van der Waals surface area contributed by atoms with E-state index in [-0.39, 0.29) is 132 Å². The summed E-state index contributed by atoms with van der Waals surface area (Å²) in [5, 5.41) is 21.4. The maximum atomic E-state index is 16.2. The second-order valence-electron chi connectivity index (χ2n) is 24.2. The minimum Gasteiger partial charge on any atom is -0.447 e. The minimum absolute atomic E-state index is 0.00950. The molecule has 504 valence electrons. The van der Waals surface area contributed by atoms with Gasteiger partial charge >= 0.3 is 12.3 Å². The molecule has 8 rings (SSSR count). The third-order valence-corrected chi connectivity index (χ3v) is 17.4. The van der Waals surface area contributed by atoms with Crippen LogP contribution in [0.25, 0.3) is 21.6 Å². The van der Waals surface area contributed by atoms with E-state index in [0.29, 0.717) is 57.5 Å². The summed E-state index contributed by atoms with van der Waals surface area (Å²) in [6.45, 7) is 14.9. The fraction of sp³-hybridized carbons (Fsp3) is 0.524. The van der Waals surface area contributed by atoms with E-state index in [9.17, 15) is 51.8 Å². The molecule has 3 aliphatic heterocycles. The third kappa shape index (κ3) is 19.2. The summed E-state index contributed by atoms with van der Waals surface area (Å²) in [5.74, 6) is -3.01. The number of likely N-dealkylation sites (tertiary alicyclic amines) is 1. The lowest BCUT2D eigenvalue weighted by atomic mass is 9.85. The number of alkyl halides is 3. The first-order valence-corrected chi connectivity index (χ1v) is 31.6. The van der Waals surface area contributed by atoms with E-state index in [2.05, 4.69) is 46.1 Å². The van der Waals surface area contributed by atoms with Crippen molar-refractivity contribution in [3.8, 4) is 21.6 Å². The van der Waals surface area contributed by atoms with Crippen LogP contribution in [0.15, 0.2) is 71.4 Å². The van der Waals surface area contributed by atoms with E-state index < -0.39 is 76.1 Å². The Morgan fingerprint density at radius 2 is 1.45 bits per heavy atom. The molecule has 0 bridgehead atoms. The van der Waals surface area contributed by atoms with Gasteiger partial charge in [0, 0.05) is 126 Å². The molecule has 3 aliphatic rings. The van der Waals surface area contributed by atoms with Crippen LogP contribution in [-0.4, -0.2) is 211 Å². The average molecular weight is 1320 g/mol. The molecular formula is C63H81F4N13O12S. The van der Waals surface area contributed by atoms with Crippen LogP contribution < -0.4 is 36.6 Å². The zero-order valence-electron chi connectivity index (χ0n) is 53.1. The van der Waals surface area contributed by atoms with Gasteiger partial charge in [0.2, 0.25) is 35.1 Å². The van der Waals surface area contributed by atoms with Crippen LogP contribution in [0.4, 0.5) is 39.7 Å². The quantitative estimate of drug-likeness (QED) is 0.0306. The molecule has 0 saturated carbocycles. The number of pyridine rings is 1. The summed E-state index contributed by atoms with van der Waals surface area (Å²) in [4.78, 5) is 117. The van der Waals surface area contributed by atoms with Gasteiger partial charge in [0.15, 0.2) is 0 Å². The second-order valence-corrected chi connectivity index (χ2v) is 25.0. The molecule has 25 nitrogen and oxygen atoms in total. The molecule has 3 saturated heterocycles. The molecule has 6 N–H and O–H groups in total. The van der Waals surface area contributed by atoms with E-state index in [4.69, 9.17) is 18.9 Å². The summed E-state index contributed by atoms with van der Waals surface area (Å²) in [5.41, 5.74) is 1.02. The number of rotatable bonds is 26. The number of aliphatic hydroxyl groups is 1. The van der Waals surface area contributed by atoms with Crippen molar-refractivity contribution >= 4 is 64.3 Å². The number of H-pyrrole nitrogens is 1. The fourth-order valence-corrected chi connectivity index (χ4v) is 11.8. The van der Waals surface area contributed by atoms with Gasteiger partial charge in [0.25, 0.3) is 5.91 Å². The number of aliphatic hydroxyl groups excluding tert-OH is 1. The predicted octanol–water partition coefficient (Wildman–Crippen LogP) is 5.22. The van der Waals surface area contributed by atoms with Gasteiger partial charge in [-0.05, 0) is 56.5 Å². The molecule has 93 heavy (non-hydrogen) atoms. The number of aryl methyl sites for hydroxylation is 1. The third-order valence-electron chi connectivity index (χ3n) is 16.4. The van der Waals surface area contributed by atoms with Gasteiger partial charge in [0.05, 0.1) is 84.3 Å². The van der Waals surface area contributed by atoms with Crippen LogP contribution in [0.1, 0.15) is 81.1 Å². The zero-order valence-corrected chi connectivity index (χ0v) is 53.9. The van der Waals surface area contributed by atoms with Gasteiger partial charge in [-0.25, -0.2) is 24.1 Å². The van der Waals surface area contributed by atoms with E-state index in [0.717, 1.165) is 21.7 Å². The lowest BCUT2D eigenvalue weighted by Crippen LogP contribution is -2.57. The molecule has 0 aliphatic carbocycles. The van der Waals surface area contributed by atoms with Crippen molar-refractivity contribution in [2.45, 2.75) is 104 Å². The Morgan fingerprint density at radius 3 is 2.08 bits per heavy atom. The number of benzene rings is 2. The van der Waals surface area contributed by atoms with Crippen LogP contribution in [-0.2, 0) is 50.8 Å². The summed E-state index contributed by atoms with van der Waals surface area (Å²) in [6.07, 6.45) is -3.30. The van der Waals surface area contributed by atoms with Gasteiger partial charge < -0.3 is 69.9 Å². The first-order chi connectivity index (χ1) is 44.2. The number of aromatic nitrogens is 4. The topological polar surface area (TPSA) is 295 Å². The smallest absolute Gasteiger partial charge is 0.417 e. The zero-order chi connectivity index (χ0) is 67.1. The van der Waals surface area contributed by atoms with Crippen molar-refractivity contribution in [3.63, 3.8) is 0 Å². The Balaban J connectivity index is 0.677. The highest BCUT2D eigenvalue weighted by atomic mass is 32.1. The van der Waals surface area contributed by atoms with Gasteiger partial charge in [-0.15, -0.1) is 11.3 Å². The van der Waals surface area contributed by atoms with Crippen LogP contribution in [0.5, 0.6) is 0 Å². The number of ether oxygens (including phenoxy) is 4. The fourth-order valence-electron chi connectivity index (χ4n) is 11.0. The molecule has 0 unspecified atom stereocenters. The number of hydrogen-bond donors (Lipinski definition) is 6. The highest BCUT2D eigenvalue weighted by Crippen LogP contribution is 2.38. The van der Waals surface area contributed by atoms with Crippen molar-refractivity contribution in [3.05, 3.63) is 105 Å². The molecule has 3 fully saturated rings. The Kier molecular flexibility index (Phi) is 24.4. The number of nitrogens with zero attached hydrogens (tertiary/aromatic N) is 8. The van der Waals surface area contributed by atoms with Crippen LogP contribution in [0.2, 0.25) is 0 Å². The van der Waals surface area contributed by atoms with Gasteiger partial charge in [-0.3, -0.25) is 33.7 Å². The summed E-state index contributed by atoms with van der Waals surface area (Å²) < 4.78 is 80.0. The van der Waals surface area contributed by atoms with Gasteiger partial charge in [-0.2, -0.15) is 13.2 Å². The Hall–Kier alpha value is -8.16. The molecule has 6 heterocycles. The Morgan fingerprint density at radius 1 is 0.806 bits per heavy atom. The number of alkyl carbamates (subject to hydrolysis) is 1. The first kappa shape index (κ1) is 70.7. The molecule has 30 heteroatoms. The molecular weight excluding hydrogens is 1240 g/mol. The Labute approximate surface area is 539 Å². The van der Waals surface area contributed by atoms with Crippen LogP contribution >= 0.6 is 11.3 Å². The number of thiazole rings is 1. The molecule has 0 radical (unpaired) electrons. The lowest BCUT2D eigenvalue weighted by Gasteiger charge is -2.44. The lowest BCUT2D eigenvalue weighted by molar-refractivity contribution is -0.142. The number of nitrogens with one attached hydrogen (secondary N) is 5. The number of halogens is 4. The first-order valence-electron chi connectivity index (χ1n) is 30.7. The number of aromatic amines is 1. The SMILES string of the molecule is Cc1ncsc1-c1ccc(CNC(=O)[C@@H]2C[C@@H](O)CN2C(=O)[C@@H](NC(=O)OCCOCCOCCOCCNC(=O)CCC(=O)N2CCN(c3ncc(-c4cc(NC(=O)c5c[nH]c(=O)cc5C(F)(F)F)c(N5C[C@@H](C)N(C)[C@@H](C)C5)cc4F)cn3)CC2)C(C)(C)C)cc1. The molecule has 6 amide bonds. The number of amides is 6. The van der Waals surface area contributed by atoms with Gasteiger partial charge in [0.1, 0.15) is 24.5 Å². The highest BCUT2D eigenvalue weighted by Gasteiger charge is 2.45.